The fourth-order valence-corrected chi connectivity index (χ4v) is 3.46. The minimum absolute atomic E-state index is 0.173. The van der Waals surface area contributed by atoms with E-state index in [9.17, 15) is 4.79 Å². The van der Waals surface area contributed by atoms with Crippen LogP contribution in [-0.4, -0.2) is 19.3 Å². The molecule has 0 unspecified atom stereocenters. The van der Waals surface area contributed by atoms with Gasteiger partial charge in [-0.3, -0.25) is 4.79 Å². The maximum Gasteiger partial charge on any atom is 0.248 e. The Kier molecular flexibility index (Phi) is 5.61. The third-order valence-corrected chi connectivity index (χ3v) is 5.33. The van der Waals surface area contributed by atoms with Crippen LogP contribution >= 0.6 is 11.8 Å². The molecule has 5 heteroatoms. The highest BCUT2D eigenvalue weighted by Crippen LogP contribution is 2.34. The first-order chi connectivity index (χ1) is 12.9. The summed E-state index contributed by atoms with van der Waals surface area (Å²) in [5.74, 6) is 1.40. The van der Waals surface area contributed by atoms with Crippen LogP contribution in [0, 0.1) is 13.8 Å². The lowest BCUT2D eigenvalue weighted by molar-refractivity contribution is -0.111. The third kappa shape index (κ3) is 4.03. The number of fused-ring (bicyclic) bond motifs is 1. The molecule has 0 saturated carbocycles. The predicted molar refractivity (Wildman–Crippen MR) is 113 cm³/mol. The second kappa shape index (κ2) is 7.92. The zero-order valence-electron chi connectivity index (χ0n) is 16.2. The third-order valence-electron chi connectivity index (χ3n) is 4.61. The van der Waals surface area contributed by atoms with Crippen molar-refractivity contribution < 1.29 is 13.9 Å². The molecule has 0 atom stereocenters. The van der Waals surface area contributed by atoms with Crippen LogP contribution in [-0.2, 0) is 4.79 Å². The Morgan fingerprint density at radius 1 is 1.22 bits per heavy atom. The van der Waals surface area contributed by atoms with E-state index in [-0.39, 0.29) is 5.91 Å². The summed E-state index contributed by atoms with van der Waals surface area (Å²) < 4.78 is 11.3. The highest BCUT2D eigenvalue weighted by molar-refractivity contribution is 7.98. The molecule has 1 N–H and O–H groups in total. The zero-order valence-corrected chi connectivity index (χ0v) is 17.0. The highest BCUT2D eigenvalue weighted by Gasteiger charge is 2.14. The summed E-state index contributed by atoms with van der Waals surface area (Å²) in [5, 5.41) is 3.95. The Labute approximate surface area is 163 Å². The molecule has 0 aliphatic heterocycles. The number of anilines is 1. The summed E-state index contributed by atoms with van der Waals surface area (Å²) in [5.41, 5.74) is 4.36. The van der Waals surface area contributed by atoms with Gasteiger partial charge in [-0.1, -0.05) is 6.07 Å². The quantitative estimate of drug-likeness (QED) is 0.447. The molecule has 1 aromatic heterocycles. The number of carbonyl (C=O) groups excluding carboxylic acids is 1. The van der Waals surface area contributed by atoms with Gasteiger partial charge in [-0.15, -0.1) is 11.8 Å². The Bertz CT molecular complexity index is 1030. The van der Waals surface area contributed by atoms with Crippen molar-refractivity contribution in [2.45, 2.75) is 25.7 Å². The van der Waals surface area contributed by atoms with Crippen LogP contribution in [0.1, 0.15) is 23.8 Å². The summed E-state index contributed by atoms with van der Waals surface area (Å²) in [4.78, 5) is 13.6. The summed E-state index contributed by atoms with van der Waals surface area (Å²) in [6, 6.07) is 11.7. The van der Waals surface area contributed by atoms with Crippen LogP contribution in [0.3, 0.4) is 0 Å². The maximum atomic E-state index is 12.5. The average molecular weight is 381 g/mol. The Morgan fingerprint density at radius 2 is 2.00 bits per heavy atom. The van der Waals surface area contributed by atoms with Gasteiger partial charge in [-0.25, -0.2) is 0 Å². The van der Waals surface area contributed by atoms with Gasteiger partial charge < -0.3 is 14.5 Å². The van der Waals surface area contributed by atoms with Gasteiger partial charge in [-0.05, 0) is 62.4 Å². The molecular formula is C22H23NO3S. The number of amides is 1. The van der Waals surface area contributed by atoms with E-state index >= 15 is 0 Å². The lowest BCUT2D eigenvalue weighted by atomic mass is 10.0. The maximum absolute atomic E-state index is 12.5. The van der Waals surface area contributed by atoms with E-state index in [1.165, 1.54) is 0 Å². The standard InChI is InChI=1S/C22H23NO3S/c1-13(9-22(24)23-16-7-6-8-17(10-16)27-5)18-11-19-14(2)15(3)26-21(19)12-20(18)25-4/h6-12H,1-5H3,(H,23,24)/b13-9+. The van der Waals surface area contributed by atoms with E-state index in [0.29, 0.717) is 5.75 Å². The molecule has 0 fully saturated rings. The molecule has 3 aromatic rings. The fourth-order valence-electron chi connectivity index (χ4n) is 3.00. The molecule has 0 bridgehead atoms. The molecule has 0 aliphatic carbocycles. The van der Waals surface area contributed by atoms with Gasteiger partial charge in [0, 0.05) is 33.7 Å². The van der Waals surface area contributed by atoms with Gasteiger partial charge in [0.05, 0.1) is 7.11 Å². The first-order valence-corrected chi connectivity index (χ1v) is 9.87. The van der Waals surface area contributed by atoms with E-state index < -0.39 is 0 Å². The molecule has 0 spiro atoms. The Hall–Kier alpha value is -2.66. The number of hydrogen-bond donors (Lipinski definition) is 1. The zero-order chi connectivity index (χ0) is 19.6. The van der Waals surface area contributed by atoms with Crippen LogP contribution in [0.25, 0.3) is 16.5 Å². The van der Waals surface area contributed by atoms with Crippen molar-refractivity contribution in [3.63, 3.8) is 0 Å². The number of ether oxygens (including phenoxy) is 1. The molecule has 1 heterocycles. The van der Waals surface area contributed by atoms with Crippen LogP contribution in [0.4, 0.5) is 5.69 Å². The van der Waals surface area contributed by atoms with Crippen molar-refractivity contribution >= 4 is 39.9 Å². The number of thioether (sulfide) groups is 1. The lowest BCUT2D eigenvalue weighted by Crippen LogP contribution is -2.08. The van der Waals surface area contributed by atoms with Gasteiger partial charge >= 0.3 is 0 Å². The smallest absolute Gasteiger partial charge is 0.248 e. The monoisotopic (exact) mass is 381 g/mol. The van der Waals surface area contributed by atoms with Crippen molar-refractivity contribution in [2.75, 3.05) is 18.7 Å². The second-order valence-electron chi connectivity index (χ2n) is 6.38. The normalized spacial score (nSPS) is 11.7. The molecular weight excluding hydrogens is 358 g/mol. The van der Waals surface area contributed by atoms with Gasteiger partial charge in [0.25, 0.3) is 0 Å². The summed E-state index contributed by atoms with van der Waals surface area (Å²) in [6.07, 6.45) is 3.60. The molecule has 0 aliphatic rings. The van der Waals surface area contributed by atoms with Crippen LogP contribution < -0.4 is 10.1 Å². The molecule has 2 aromatic carbocycles. The molecule has 3 rings (SSSR count). The van der Waals surface area contributed by atoms with E-state index in [2.05, 4.69) is 5.32 Å². The molecule has 0 saturated heterocycles. The van der Waals surface area contributed by atoms with E-state index in [0.717, 1.165) is 44.0 Å². The molecule has 140 valence electrons. The number of methoxy groups -OCH3 is 1. The van der Waals surface area contributed by atoms with Gasteiger partial charge in [-0.2, -0.15) is 0 Å². The number of rotatable bonds is 5. The van der Waals surface area contributed by atoms with Crippen molar-refractivity contribution in [1.29, 1.82) is 0 Å². The van der Waals surface area contributed by atoms with Gasteiger partial charge in [0.1, 0.15) is 17.1 Å². The largest absolute Gasteiger partial charge is 0.496 e. The van der Waals surface area contributed by atoms with Gasteiger partial charge in [0.15, 0.2) is 0 Å². The number of hydrogen-bond acceptors (Lipinski definition) is 4. The number of carbonyl (C=O) groups is 1. The second-order valence-corrected chi connectivity index (χ2v) is 7.26. The predicted octanol–water partition coefficient (Wildman–Crippen LogP) is 5.82. The lowest BCUT2D eigenvalue weighted by Gasteiger charge is -2.10. The minimum atomic E-state index is -0.173. The Morgan fingerprint density at radius 3 is 2.70 bits per heavy atom. The summed E-state index contributed by atoms with van der Waals surface area (Å²) in [7, 11) is 1.62. The highest BCUT2D eigenvalue weighted by atomic mass is 32.2. The summed E-state index contributed by atoms with van der Waals surface area (Å²) in [6.45, 7) is 5.88. The topological polar surface area (TPSA) is 51.5 Å². The van der Waals surface area contributed by atoms with Crippen molar-refractivity contribution in [1.82, 2.24) is 0 Å². The SMILES string of the molecule is COc1cc2oc(C)c(C)c2cc1/C(C)=C/C(=O)Nc1cccc(SC)c1. The van der Waals surface area contributed by atoms with E-state index in [1.54, 1.807) is 24.9 Å². The number of aryl methyl sites for hydroxylation is 2. The van der Waals surface area contributed by atoms with Crippen LogP contribution in [0.15, 0.2) is 51.8 Å². The van der Waals surface area contributed by atoms with E-state index in [1.807, 2.05) is 63.4 Å². The molecule has 1 amide bonds. The minimum Gasteiger partial charge on any atom is -0.496 e. The van der Waals surface area contributed by atoms with Crippen LogP contribution in [0.5, 0.6) is 5.75 Å². The number of allylic oxidation sites excluding steroid dienone is 1. The molecule has 4 nitrogen and oxygen atoms in total. The number of benzene rings is 2. The molecule has 27 heavy (non-hydrogen) atoms. The average Bonchev–Trinajstić information content (AvgIpc) is 2.94. The Balaban J connectivity index is 1.92. The first kappa shape index (κ1) is 19.1. The number of furan rings is 1. The van der Waals surface area contributed by atoms with E-state index in [4.69, 9.17) is 9.15 Å². The van der Waals surface area contributed by atoms with Crippen molar-refractivity contribution in [3.05, 3.63) is 59.4 Å². The number of nitrogens with one attached hydrogen (secondary N) is 1. The summed E-state index contributed by atoms with van der Waals surface area (Å²) >= 11 is 1.64. The van der Waals surface area contributed by atoms with Crippen LogP contribution in [0.2, 0.25) is 0 Å². The molecule has 0 radical (unpaired) electrons. The van der Waals surface area contributed by atoms with Crippen molar-refractivity contribution in [2.24, 2.45) is 0 Å². The fraction of sp³-hybridized carbons (Fsp3) is 0.227. The van der Waals surface area contributed by atoms with Gasteiger partial charge in [0.2, 0.25) is 5.91 Å². The van der Waals surface area contributed by atoms with Crippen molar-refractivity contribution in [3.8, 4) is 5.75 Å². The first-order valence-electron chi connectivity index (χ1n) is 8.64.